The molecule has 1 aromatic heterocycles. The molecule has 0 amide bonds. The minimum absolute atomic E-state index is 0.498. The third kappa shape index (κ3) is 2.18. The topological polar surface area (TPSA) is 59.1 Å². The van der Waals surface area contributed by atoms with Crippen LogP contribution in [0.2, 0.25) is 0 Å². The molecule has 0 fully saturated rings. The summed E-state index contributed by atoms with van der Waals surface area (Å²) in [6.45, 7) is 2.22. The average molecular weight is 268 g/mol. The average Bonchev–Trinajstić information content (AvgIpc) is 2.46. The monoisotopic (exact) mass is 268 g/mol. The normalized spacial score (nSPS) is 25.2. The number of rotatable bonds is 2. The Morgan fingerprint density at radius 2 is 2.15 bits per heavy atom. The van der Waals surface area contributed by atoms with Gasteiger partial charge in [0.1, 0.15) is 0 Å². The summed E-state index contributed by atoms with van der Waals surface area (Å²) in [5.74, 6) is 0.498. The third-order valence-corrected chi connectivity index (χ3v) is 4.41. The molecule has 0 saturated carbocycles. The molecule has 1 heterocycles. The van der Waals surface area contributed by atoms with E-state index in [1.165, 1.54) is 5.56 Å². The minimum Gasteiger partial charge on any atom is -0.398 e. The highest BCUT2D eigenvalue weighted by atomic mass is 16.3. The molecule has 20 heavy (non-hydrogen) atoms. The quantitative estimate of drug-likeness (QED) is 0.880. The number of hydrogen-bond acceptors (Lipinski definition) is 3. The van der Waals surface area contributed by atoms with Crippen molar-refractivity contribution in [1.29, 1.82) is 0 Å². The number of pyridine rings is 1. The first-order valence-corrected chi connectivity index (χ1v) is 7.10. The summed E-state index contributed by atoms with van der Waals surface area (Å²) < 4.78 is 0. The second kappa shape index (κ2) is 4.91. The molecule has 1 aliphatic rings. The van der Waals surface area contributed by atoms with Gasteiger partial charge in [-0.2, -0.15) is 0 Å². The maximum atomic E-state index is 11.1. The van der Waals surface area contributed by atoms with E-state index in [2.05, 4.69) is 18.0 Å². The predicted molar refractivity (Wildman–Crippen MR) is 80.3 cm³/mol. The van der Waals surface area contributed by atoms with Gasteiger partial charge < -0.3 is 10.8 Å². The van der Waals surface area contributed by atoms with Crippen LogP contribution in [-0.2, 0) is 12.0 Å². The Bertz CT molecular complexity index is 626. The lowest BCUT2D eigenvalue weighted by Gasteiger charge is -2.37. The summed E-state index contributed by atoms with van der Waals surface area (Å²) in [5.41, 5.74) is 9.07. The van der Waals surface area contributed by atoms with E-state index in [0.717, 1.165) is 24.0 Å². The summed E-state index contributed by atoms with van der Waals surface area (Å²) in [4.78, 5) is 4.12. The number of anilines is 1. The van der Waals surface area contributed by atoms with Crippen molar-refractivity contribution in [3.05, 3.63) is 59.4 Å². The zero-order valence-corrected chi connectivity index (χ0v) is 11.7. The van der Waals surface area contributed by atoms with Crippen LogP contribution >= 0.6 is 0 Å². The second-order valence-corrected chi connectivity index (χ2v) is 5.81. The van der Waals surface area contributed by atoms with Crippen molar-refractivity contribution in [2.75, 3.05) is 5.73 Å². The maximum absolute atomic E-state index is 11.1. The molecule has 1 aliphatic carbocycles. The first kappa shape index (κ1) is 13.1. The lowest BCUT2D eigenvalue weighted by atomic mass is 9.72. The molecule has 2 unspecified atom stereocenters. The molecule has 3 rings (SSSR count). The summed E-state index contributed by atoms with van der Waals surface area (Å²) in [7, 11) is 0. The van der Waals surface area contributed by atoms with Crippen molar-refractivity contribution in [1.82, 2.24) is 4.98 Å². The fourth-order valence-electron chi connectivity index (χ4n) is 3.18. The standard InChI is InChI=1S/C17H20N2O/c1-12-6-8-17(20,15-5-3-2-4-14(12)15)10-13-11-19-9-7-16(13)18/h2-5,7,9,11-12,20H,6,8,10H2,1H3,(H2,18,19). The highest BCUT2D eigenvalue weighted by Crippen LogP contribution is 2.43. The Balaban J connectivity index is 2.01. The Kier molecular flexibility index (Phi) is 3.22. The fourth-order valence-corrected chi connectivity index (χ4v) is 3.18. The highest BCUT2D eigenvalue weighted by molar-refractivity contribution is 5.47. The number of nitrogens with zero attached hydrogens (tertiary/aromatic N) is 1. The second-order valence-electron chi connectivity index (χ2n) is 5.81. The third-order valence-electron chi connectivity index (χ3n) is 4.41. The molecule has 0 bridgehead atoms. The molecule has 1 aromatic carbocycles. The van der Waals surface area contributed by atoms with Crippen LogP contribution in [0.4, 0.5) is 5.69 Å². The lowest BCUT2D eigenvalue weighted by molar-refractivity contribution is 0.0160. The van der Waals surface area contributed by atoms with Crippen LogP contribution in [0.5, 0.6) is 0 Å². The highest BCUT2D eigenvalue weighted by Gasteiger charge is 2.37. The van der Waals surface area contributed by atoms with E-state index in [-0.39, 0.29) is 0 Å². The van der Waals surface area contributed by atoms with E-state index >= 15 is 0 Å². The molecule has 0 spiro atoms. The number of fused-ring (bicyclic) bond motifs is 1. The van der Waals surface area contributed by atoms with Crippen molar-refractivity contribution >= 4 is 5.69 Å². The first-order chi connectivity index (χ1) is 9.60. The number of hydrogen-bond donors (Lipinski definition) is 2. The van der Waals surface area contributed by atoms with Gasteiger partial charge in [-0.1, -0.05) is 31.2 Å². The molecule has 0 saturated heterocycles. The van der Waals surface area contributed by atoms with Gasteiger partial charge in [0, 0.05) is 24.5 Å². The van der Waals surface area contributed by atoms with Crippen LogP contribution in [0.25, 0.3) is 0 Å². The molecule has 0 radical (unpaired) electrons. The van der Waals surface area contributed by atoms with E-state index in [9.17, 15) is 5.11 Å². The van der Waals surface area contributed by atoms with Gasteiger partial charge in [0.25, 0.3) is 0 Å². The first-order valence-electron chi connectivity index (χ1n) is 7.10. The van der Waals surface area contributed by atoms with Gasteiger partial charge in [-0.3, -0.25) is 4.98 Å². The Morgan fingerprint density at radius 1 is 1.35 bits per heavy atom. The van der Waals surface area contributed by atoms with Gasteiger partial charge in [0.05, 0.1) is 5.60 Å². The summed E-state index contributed by atoms with van der Waals surface area (Å²) in [6, 6.07) is 9.98. The van der Waals surface area contributed by atoms with Crippen molar-refractivity contribution < 1.29 is 5.11 Å². The van der Waals surface area contributed by atoms with E-state index in [1.54, 1.807) is 18.5 Å². The van der Waals surface area contributed by atoms with Gasteiger partial charge in [-0.15, -0.1) is 0 Å². The van der Waals surface area contributed by atoms with Crippen LogP contribution in [0, 0.1) is 0 Å². The summed E-state index contributed by atoms with van der Waals surface area (Å²) in [6.07, 6.45) is 5.72. The van der Waals surface area contributed by atoms with E-state index in [4.69, 9.17) is 5.73 Å². The number of nitrogen functional groups attached to an aromatic ring is 1. The van der Waals surface area contributed by atoms with E-state index < -0.39 is 5.60 Å². The summed E-state index contributed by atoms with van der Waals surface area (Å²) >= 11 is 0. The van der Waals surface area contributed by atoms with Crippen LogP contribution in [0.1, 0.15) is 42.4 Å². The van der Waals surface area contributed by atoms with E-state index in [0.29, 0.717) is 18.0 Å². The van der Waals surface area contributed by atoms with Gasteiger partial charge in [-0.05, 0) is 41.5 Å². The Labute approximate surface area is 119 Å². The Hall–Kier alpha value is -1.87. The number of aliphatic hydroxyl groups is 1. The van der Waals surface area contributed by atoms with Crippen LogP contribution in [-0.4, -0.2) is 10.1 Å². The SMILES string of the molecule is CC1CCC(O)(Cc2cnccc2N)c2ccccc21. The van der Waals surface area contributed by atoms with Crippen molar-refractivity contribution in [3.8, 4) is 0 Å². The molecule has 3 heteroatoms. The van der Waals surface area contributed by atoms with Crippen molar-refractivity contribution in [3.63, 3.8) is 0 Å². The zero-order chi connectivity index (χ0) is 14.2. The van der Waals surface area contributed by atoms with Gasteiger partial charge in [-0.25, -0.2) is 0 Å². The van der Waals surface area contributed by atoms with E-state index in [1.807, 2.05) is 18.2 Å². The number of benzene rings is 1. The van der Waals surface area contributed by atoms with Gasteiger partial charge >= 0.3 is 0 Å². The van der Waals surface area contributed by atoms with Crippen molar-refractivity contribution in [2.24, 2.45) is 0 Å². The van der Waals surface area contributed by atoms with Crippen LogP contribution in [0.15, 0.2) is 42.7 Å². The maximum Gasteiger partial charge on any atom is 0.0941 e. The largest absolute Gasteiger partial charge is 0.398 e. The smallest absolute Gasteiger partial charge is 0.0941 e. The van der Waals surface area contributed by atoms with Gasteiger partial charge in [0.15, 0.2) is 0 Å². The number of nitrogens with two attached hydrogens (primary N) is 1. The molecule has 104 valence electrons. The molecular formula is C17H20N2O. The predicted octanol–water partition coefficient (Wildman–Crippen LogP) is 2.99. The molecule has 2 aromatic rings. The number of aromatic nitrogens is 1. The Morgan fingerprint density at radius 3 is 2.95 bits per heavy atom. The van der Waals surface area contributed by atoms with Crippen molar-refractivity contribution in [2.45, 2.75) is 37.7 Å². The fraction of sp³-hybridized carbons (Fsp3) is 0.353. The van der Waals surface area contributed by atoms with Crippen LogP contribution in [0.3, 0.4) is 0 Å². The summed E-state index contributed by atoms with van der Waals surface area (Å²) in [5, 5.41) is 11.1. The zero-order valence-electron chi connectivity index (χ0n) is 11.7. The lowest BCUT2D eigenvalue weighted by Crippen LogP contribution is -2.34. The molecular weight excluding hydrogens is 248 g/mol. The molecule has 2 atom stereocenters. The van der Waals surface area contributed by atoms with Gasteiger partial charge in [0.2, 0.25) is 0 Å². The minimum atomic E-state index is -0.833. The van der Waals surface area contributed by atoms with Crippen LogP contribution < -0.4 is 5.73 Å². The molecule has 3 N–H and O–H groups in total. The molecule has 0 aliphatic heterocycles. The molecule has 3 nitrogen and oxygen atoms in total.